The lowest BCUT2D eigenvalue weighted by atomic mass is 9.81. The van der Waals surface area contributed by atoms with E-state index in [1.54, 1.807) is 4.90 Å². The first-order chi connectivity index (χ1) is 12.1. The van der Waals surface area contributed by atoms with E-state index < -0.39 is 11.4 Å². The number of anilines is 1. The number of aliphatic carboxylic acids is 1. The largest absolute Gasteiger partial charge is 0.481 e. The van der Waals surface area contributed by atoms with Crippen LogP contribution in [-0.2, 0) is 9.53 Å². The van der Waals surface area contributed by atoms with Gasteiger partial charge in [0.25, 0.3) is 5.91 Å². The van der Waals surface area contributed by atoms with Crippen molar-refractivity contribution in [2.45, 2.75) is 0 Å². The SMILES string of the molecule is O=C(c1ccc(N2CCOCC2)cc1)N1C[C@H]2CNC[C@@]2(C(=O)O)C1. The molecule has 3 fully saturated rings. The van der Waals surface area contributed by atoms with E-state index in [2.05, 4.69) is 10.2 Å². The lowest BCUT2D eigenvalue weighted by molar-refractivity contribution is -0.148. The fraction of sp³-hybridized carbons (Fsp3) is 0.556. The number of hydrogen-bond acceptors (Lipinski definition) is 5. The second-order valence-electron chi connectivity index (χ2n) is 7.12. The van der Waals surface area contributed by atoms with Crippen molar-refractivity contribution < 1.29 is 19.4 Å². The molecule has 0 unspecified atom stereocenters. The van der Waals surface area contributed by atoms with E-state index in [9.17, 15) is 14.7 Å². The van der Waals surface area contributed by atoms with Gasteiger partial charge in [-0.15, -0.1) is 0 Å². The van der Waals surface area contributed by atoms with Crippen molar-refractivity contribution in [3.05, 3.63) is 29.8 Å². The fourth-order valence-electron chi connectivity index (χ4n) is 4.20. The molecule has 0 bridgehead atoms. The van der Waals surface area contributed by atoms with Crippen molar-refractivity contribution in [3.8, 4) is 0 Å². The molecule has 1 aromatic rings. The standard InChI is InChI=1S/C18H23N3O4/c22-16(21-10-14-9-19-11-18(14,12-21)17(23)24)13-1-3-15(4-2-13)20-5-7-25-8-6-20/h1-4,14,19H,5-12H2,(H,23,24)/t14-,18-/m1/s1. The van der Waals surface area contributed by atoms with Gasteiger partial charge in [-0.1, -0.05) is 0 Å². The van der Waals surface area contributed by atoms with E-state index in [0.29, 0.717) is 25.2 Å². The number of hydrogen-bond donors (Lipinski definition) is 2. The van der Waals surface area contributed by atoms with Crippen molar-refractivity contribution in [3.63, 3.8) is 0 Å². The molecule has 3 aliphatic heterocycles. The monoisotopic (exact) mass is 345 g/mol. The average molecular weight is 345 g/mol. The van der Waals surface area contributed by atoms with Gasteiger partial charge in [-0.05, 0) is 24.3 Å². The molecule has 3 heterocycles. The molecule has 3 saturated heterocycles. The Balaban J connectivity index is 1.47. The molecule has 0 saturated carbocycles. The van der Waals surface area contributed by atoms with Gasteiger partial charge in [-0.2, -0.15) is 0 Å². The lowest BCUT2D eigenvalue weighted by Crippen LogP contribution is -2.41. The minimum Gasteiger partial charge on any atom is -0.481 e. The quantitative estimate of drug-likeness (QED) is 0.818. The number of ether oxygens (including phenoxy) is 1. The van der Waals surface area contributed by atoms with Crippen molar-refractivity contribution in [2.75, 3.05) is 57.4 Å². The molecule has 1 aromatic carbocycles. The summed E-state index contributed by atoms with van der Waals surface area (Å²) in [5, 5.41) is 12.8. The first kappa shape index (κ1) is 16.4. The Morgan fingerprint density at radius 2 is 1.92 bits per heavy atom. The van der Waals surface area contributed by atoms with Gasteiger partial charge in [0.1, 0.15) is 5.41 Å². The Bertz CT molecular complexity index is 671. The Morgan fingerprint density at radius 3 is 2.56 bits per heavy atom. The van der Waals surface area contributed by atoms with Crippen molar-refractivity contribution in [1.29, 1.82) is 0 Å². The molecule has 4 rings (SSSR count). The Morgan fingerprint density at radius 1 is 1.20 bits per heavy atom. The zero-order valence-corrected chi connectivity index (χ0v) is 14.1. The van der Waals surface area contributed by atoms with Gasteiger partial charge in [0, 0.05) is 56.4 Å². The predicted molar refractivity (Wildman–Crippen MR) is 91.8 cm³/mol. The summed E-state index contributed by atoms with van der Waals surface area (Å²) in [5.41, 5.74) is 0.874. The molecule has 7 heteroatoms. The maximum atomic E-state index is 12.8. The lowest BCUT2D eigenvalue weighted by Gasteiger charge is -2.29. The van der Waals surface area contributed by atoms with Crippen molar-refractivity contribution in [2.24, 2.45) is 11.3 Å². The van der Waals surface area contributed by atoms with Crippen LogP contribution in [0.15, 0.2) is 24.3 Å². The van der Waals surface area contributed by atoms with E-state index in [4.69, 9.17) is 4.74 Å². The Kier molecular flexibility index (Phi) is 4.13. The van der Waals surface area contributed by atoms with Gasteiger partial charge in [-0.3, -0.25) is 9.59 Å². The Hall–Kier alpha value is -2.12. The normalized spacial score (nSPS) is 28.9. The van der Waals surface area contributed by atoms with Crippen molar-refractivity contribution >= 4 is 17.6 Å². The predicted octanol–water partition coefficient (Wildman–Crippen LogP) is 0.269. The van der Waals surface area contributed by atoms with Crippen LogP contribution < -0.4 is 10.2 Å². The van der Waals surface area contributed by atoms with Crippen LogP contribution in [0.4, 0.5) is 5.69 Å². The highest BCUT2D eigenvalue weighted by Crippen LogP contribution is 2.39. The minimum absolute atomic E-state index is 0.0124. The molecule has 7 nitrogen and oxygen atoms in total. The molecule has 2 N–H and O–H groups in total. The highest BCUT2D eigenvalue weighted by Gasteiger charge is 2.56. The number of carboxylic acids is 1. The van der Waals surface area contributed by atoms with Gasteiger partial charge in [0.2, 0.25) is 0 Å². The number of nitrogens with one attached hydrogen (secondary N) is 1. The number of fused-ring (bicyclic) bond motifs is 1. The van der Waals surface area contributed by atoms with E-state index in [1.165, 1.54) is 0 Å². The third kappa shape index (κ3) is 2.77. The Labute approximate surface area is 146 Å². The summed E-state index contributed by atoms with van der Waals surface area (Å²) in [5.74, 6) is -0.898. The zero-order valence-electron chi connectivity index (χ0n) is 14.1. The molecular weight excluding hydrogens is 322 g/mol. The van der Waals surface area contributed by atoms with E-state index in [1.807, 2.05) is 24.3 Å². The summed E-state index contributed by atoms with van der Waals surface area (Å²) in [6.45, 7) is 5.04. The summed E-state index contributed by atoms with van der Waals surface area (Å²) in [6.07, 6.45) is 0. The second kappa shape index (κ2) is 6.31. The number of nitrogens with zero attached hydrogens (tertiary/aromatic N) is 2. The van der Waals surface area contributed by atoms with Gasteiger partial charge in [-0.25, -0.2) is 0 Å². The van der Waals surface area contributed by atoms with Gasteiger partial charge in [0.15, 0.2) is 0 Å². The smallest absolute Gasteiger partial charge is 0.313 e. The highest BCUT2D eigenvalue weighted by atomic mass is 16.5. The van der Waals surface area contributed by atoms with E-state index in [0.717, 1.165) is 32.0 Å². The van der Waals surface area contributed by atoms with Crippen LogP contribution in [0.5, 0.6) is 0 Å². The van der Waals surface area contributed by atoms with Gasteiger partial charge in [0.05, 0.1) is 13.2 Å². The number of carbonyl (C=O) groups excluding carboxylic acids is 1. The summed E-state index contributed by atoms with van der Waals surface area (Å²) in [6, 6.07) is 7.60. The second-order valence-corrected chi connectivity index (χ2v) is 7.12. The number of morpholine rings is 1. The molecule has 2 atom stereocenters. The molecule has 3 aliphatic rings. The third-order valence-corrected chi connectivity index (χ3v) is 5.73. The maximum absolute atomic E-state index is 12.8. The van der Waals surface area contributed by atoms with Crippen molar-refractivity contribution in [1.82, 2.24) is 10.2 Å². The van der Waals surface area contributed by atoms with Crippen LogP contribution in [-0.4, -0.2) is 74.4 Å². The van der Waals surface area contributed by atoms with Crippen LogP contribution in [0.1, 0.15) is 10.4 Å². The summed E-state index contributed by atoms with van der Waals surface area (Å²) in [7, 11) is 0. The molecule has 1 amide bonds. The van der Waals surface area contributed by atoms with Gasteiger partial charge >= 0.3 is 5.97 Å². The average Bonchev–Trinajstić information content (AvgIpc) is 3.20. The number of rotatable bonds is 3. The summed E-state index contributed by atoms with van der Waals surface area (Å²) >= 11 is 0. The number of likely N-dealkylation sites (tertiary alicyclic amines) is 1. The van der Waals surface area contributed by atoms with E-state index in [-0.39, 0.29) is 18.4 Å². The van der Waals surface area contributed by atoms with Crippen LogP contribution >= 0.6 is 0 Å². The summed E-state index contributed by atoms with van der Waals surface area (Å²) < 4.78 is 5.36. The molecule has 0 aromatic heterocycles. The van der Waals surface area contributed by atoms with Crippen LogP contribution in [0, 0.1) is 11.3 Å². The molecule has 0 aliphatic carbocycles. The van der Waals surface area contributed by atoms with Crippen LogP contribution in [0.3, 0.4) is 0 Å². The topological polar surface area (TPSA) is 82.1 Å². The molecule has 134 valence electrons. The molecule has 25 heavy (non-hydrogen) atoms. The molecular formula is C18H23N3O4. The van der Waals surface area contributed by atoms with E-state index >= 15 is 0 Å². The van der Waals surface area contributed by atoms with Crippen LogP contribution in [0.2, 0.25) is 0 Å². The summed E-state index contributed by atoms with van der Waals surface area (Å²) in [4.78, 5) is 28.5. The number of carboxylic acid groups (broad SMARTS) is 1. The highest BCUT2D eigenvalue weighted by molar-refractivity contribution is 5.95. The first-order valence-corrected chi connectivity index (χ1v) is 8.76. The number of amides is 1. The first-order valence-electron chi connectivity index (χ1n) is 8.76. The van der Waals surface area contributed by atoms with Crippen LogP contribution in [0.25, 0.3) is 0 Å². The minimum atomic E-state index is -0.830. The zero-order chi connectivity index (χ0) is 17.4. The number of carbonyl (C=O) groups is 2. The maximum Gasteiger partial charge on any atom is 0.313 e. The molecule has 0 spiro atoms. The fourth-order valence-corrected chi connectivity index (χ4v) is 4.20. The van der Waals surface area contributed by atoms with Gasteiger partial charge < -0.3 is 25.0 Å². The number of benzene rings is 1. The third-order valence-electron chi connectivity index (χ3n) is 5.73. The molecule has 0 radical (unpaired) electrons.